The van der Waals surface area contributed by atoms with Gasteiger partial charge in [-0.25, -0.2) is 0 Å². The summed E-state index contributed by atoms with van der Waals surface area (Å²) in [6.45, 7) is 3.18. The van der Waals surface area contributed by atoms with Gasteiger partial charge in [0.1, 0.15) is 0 Å². The Balaban J connectivity index is 2.66. The SMILES string of the molecule is CCCC1(C(=O)O)CCN(C(=O)CCN)C1. The highest BCUT2D eigenvalue weighted by Crippen LogP contribution is 2.35. The van der Waals surface area contributed by atoms with E-state index in [-0.39, 0.29) is 5.91 Å². The predicted molar refractivity (Wildman–Crippen MR) is 59.8 cm³/mol. The lowest BCUT2D eigenvalue weighted by Gasteiger charge is -2.24. The molecule has 16 heavy (non-hydrogen) atoms. The van der Waals surface area contributed by atoms with Gasteiger partial charge in [-0.2, -0.15) is 0 Å². The maximum absolute atomic E-state index is 11.6. The molecule has 1 rings (SSSR count). The fourth-order valence-corrected chi connectivity index (χ4v) is 2.33. The highest BCUT2D eigenvalue weighted by molar-refractivity contribution is 5.80. The molecule has 1 unspecified atom stereocenters. The van der Waals surface area contributed by atoms with Crippen LogP contribution >= 0.6 is 0 Å². The number of nitrogens with two attached hydrogens (primary N) is 1. The molecule has 1 atom stereocenters. The van der Waals surface area contributed by atoms with Gasteiger partial charge in [-0.1, -0.05) is 13.3 Å². The van der Waals surface area contributed by atoms with Crippen molar-refractivity contribution >= 4 is 11.9 Å². The first-order valence-corrected chi connectivity index (χ1v) is 5.77. The van der Waals surface area contributed by atoms with E-state index in [1.165, 1.54) is 0 Å². The topological polar surface area (TPSA) is 83.6 Å². The Morgan fingerprint density at radius 3 is 2.69 bits per heavy atom. The quantitative estimate of drug-likeness (QED) is 0.715. The highest BCUT2D eigenvalue weighted by Gasteiger charge is 2.45. The molecule has 1 amide bonds. The summed E-state index contributed by atoms with van der Waals surface area (Å²) in [5.74, 6) is -0.806. The Hall–Kier alpha value is -1.10. The second-order valence-corrected chi connectivity index (χ2v) is 4.44. The van der Waals surface area contributed by atoms with Crippen LogP contribution < -0.4 is 5.73 Å². The average Bonchev–Trinajstić information content (AvgIpc) is 2.64. The van der Waals surface area contributed by atoms with Gasteiger partial charge in [0.15, 0.2) is 0 Å². The maximum Gasteiger partial charge on any atom is 0.311 e. The van der Waals surface area contributed by atoms with Crippen LogP contribution in [0, 0.1) is 5.41 Å². The molecule has 1 aliphatic heterocycles. The zero-order chi connectivity index (χ0) is 12.2. The van der Waals surface area contributed by atoms with Crippen LogP contribution in [0.4, 0.5) is 0 Å². The van der Waals surface area contributed by atoms with Gasteiger partial charge < -0.3 is 15.7 Å². The molecular weight excluding hydrogens is 208 g/mol. The smallest absolute Gasteiger partial charge is 0.311 e. The molecule has 0 aliphatic carbocycles. The van der Waals surface area contributed by atoms with Crippen molar-refractivity contribution in [1.82, 2.24) is 4.90 Å². The second kappa shape index (κ2) is 5.30. The van der Waals surface area contributed by atoms with E-state index in [0.29, 0.717) is 38.9 Å². The molecule has 0 bridgehead atoms. The molecule has 0 saturated carbocycles. The van der Waals surface area contributed by atoms with Crippen molar-refractivity contribution in [3.8, 4) is 0 Å². The summed E-state index contributed by atoms with van der Waals surface area (Å²) in [6, 6.07) is 0. The molecule has 92 valence electrons. The van der Waals surface area contributed by atoms with Gasteiger partial charge in [0, 0.05) is 26.1 Å². The lowest BCUT2D eigenvalue weighted by Crippen LogP contribution is -2.37. The molecule has 0 aromatic heterocycles. The van der Waals surface area contributed by atoms with E-state index in [4.69, 9.17) is 5.73 Å². The molecule has 5 heteroatoms. The van der Waals surface area contributed by atoms with Crippen LogP contribution in [-0.2, 0) is 9.59 Å². The molecule has 1 aliphatic rings. The van der Waals surface area contributed by atoms with E-state index in [9.17, 15) is 14.7 Å². The second-order valence-electron chi connectivity index (χ2n) is 4.44. The minimum atomic E-state index is -0.780. The zero-order valence-electron chi connectivity index (χ0n) is 9.74. The van der Waals surface area contributed by atoms with Crippen LogP contribution in [0.2, 0.25) is 0 Å². The summed E-state index contributed by atoms with van der Waals surface area (Å²) >= 11 is 0. The molecule has 1 saturated heterocycles. The molecule has 0 aromatic rings. The molecule has 5 nitrogen and oxygen atoms in total. The normalized spacial score (nSPS) is 24.8. The van der Waals surface area contributed by atoms with Gasteiger partial charge in [-0.05, 0) is 12.8 Å². The third kappa shape index (κ3) is 2.52. The third-order valence-electron chi connectivity index (χ3n) is 3.25. The number of carboxylic acid groups (broad SMARTS) is 1. The number of rotatable bonds is 5. The number of carbonyl (C=O) groups excluding carboxylic acids is 1. The number of nitrogens with zero attached hydrogens (tertiary/aromatic N) is 1. The van der Waals surface area contributed by atoms with E-state index >= 15 is 0 Å². The predicted octanol–water partition coefficient (Wildman–Crippen LogP) is 0.439. The van der Waals surface area contributed by atoms with Crippen LogP contribution in [0.15, 0.2) is 0 Å². The lowest BCUT2D eigenvalue weighted by atomic mass is 9.83. The maximum atomic E-state index is 11.6. The summed E-state index contributed by atoms with van der Waals surface area (Å²) in [4.78, 5) is 24.5. The van der Waals surface area contributed by atoms with Gasteiger partial charge >= 0.3 is 5.97 Å². The monoisotopic (exact) mass is 228 g/mol. The largest absolute Gasteiger partial charge is 0.481 e. The standard InChI is InChI=1S/C11H20N2O3/c1-2-4-11(10(15)16)5-7-13(8-11)9(14)3-6-12/h2-8,12H2,1H3,(H,15,16). The molecular formula is C11H20N2O3. The number of aliphatic carboxylic acids is 1. The van der Waals surface area contributed by atoms with Crippen molar-refractivity contribution in [2.45, 2.75) is 32.6 Å². The van der Waals surface area contributed by atoms with Crippen molar-refractivity contribution in [2.75, 3.05) is 19.6 Å². The Morgan fingerprint density at radius 2 is 2.19 bits per heavy atom. The fourth-order valence-electron chi connectivity index (χ4n) is 2.33. The average molecular weight is 228 g/mol. The van der Waals surface area contributed by atoms with Gasteiger partial charge in [0.25, 0.3) is 0 Å². The van der Waals surface area contributed by atoms with E-state index in [0.717, 1.165) is 6.42 Å². The number of hydrogen-bond acceptors (Lipinski definition) is 3. The number of amides is 1. The first kappa shape index (κ1) is 13.0. The summed E-state index contributed by atoms with van der Waals surface area (Å²) in [5.41, 5.74) is 4.60. The zero-order valence-corrected chi connectivity index (χ0v) is 9.74. The van der Waals surface area contributed by atoms with Crippen LogP contribution in [0.1, 0.15) is 32.6 Å². The van der Waals surface area contributed by atoms with Gasteiger partial charge in [-0.15, -0.1) is 0 Å². The Bertz CT molecular complexity index is 280. The van der Waals surface area contributed by atoms with Gasteiger partial charge in [0.2, 0.25) is 5.91 Å². The van der Waals surface area contributed by atoms with Crippen molar-refractivity contribution in [3.63, 3.8) is 0 Å². The van der Waals surface area contributed by atoms with Gasteiger partial charge in [-0.3, -0.25) is 9.59 Å². The van der Waals surface area contributed by atoms with Crippen LogP contribution in [0.5, 0.6) is 0 Å². The molecule has 0 spiro atoms. The summed E-state index contributed by atoms with van der Waals surface area (Å²) in [7, 11) is 0. The molecule has 0 radical (unpaired) electrons. The Morgan fingerprint density at radius 1 is 1.50 bits per heavy atom. The molecule has 0 aromatic carbocycles. The summed E-state index contributed by atoms with van der Waals surface area (Å²) in [5, 5.41) is 9.26. The summed E-state index contributed by atoms with van der Waals surface area (Å²) < 4.78 is 0. The molecule has 1 fully saturated rings. The fraction of sp³-hybridized carbons (Fsp3) is 0.818. The molecule has 1 heterocycles. The first-order valence-electron chi connectivity index (χ1n) is 5.77. The van der Waals surface area contributed by atoms with Crippen LogP contribution in [0.25, 0.3) is 0 Å². The van der Waals surface area contributed by atoms with E-state index < -0.39 is 11.4 Å². The lowest BCUT2D eigenvalue weighted by molar-refractivity contribution is -0.149. The number of likely N-dealkylation sites (tertiary alicyclic amines) is 1. The minimum Gasteiger partial charge on any atom is -0.481 e. The third-order valence-corrected chi connectivity index (χ3v) is 3.25. The number of hydrogen-bond donors (Lipinski definition) is 2. The highest BCUT2D eigenvalue weighted by atomic mass is 16.4. The van der Waals surface area contributed by atoms with Crippen molar-refractivity contribution in [3.05, 3.63) is 0 Å². The van der Waals surface area contributed by atoms with Crippen molar-refractivity contribution < 1.29 is 14.7 Å². The minimum absolute atomic E-state index is 0.0262. The first-order chi connectivity index (χ1) is 7.55. The van der Waals surface area contributed by atoms with Crippen molar-refractivity contribution in [2.24, 2.45) is 11.1 Å². The van der Waals surface area contributed by atoms with Crippen LogP contribution in [-0.4, -0.2) is 41.5 Å². The van der Waals surface area contributed by atoms with E-state index in [1.54, 1.807) is 4.90 Å². The van der Waals surface area contributed by atoms with Crippen LogP contribution in [0.3, 0.4) is 0 Å². The van der Waals surface area contributed by atoms with E-state index in [1.807, 2.05) is 6.92 Å². The van der Waals surface area contributed by atoms with Gasteiger partial charge in [0.05, 0.1) is 5.41 Å². The summed E-state index contributed by atoms with van der Waals surface area (Å²) in [6.07, 6.45) is 2.33. The van der Waals surface area contributed by atoms with Crippen molar-refractivity contribution in [1.29, 1.82) is 0 Å². The molecule has 3 N–H and O–H groups in total. The Labute approximate surface area is 95.6 Å². The van der Waals surface area contributed by atoms with E-state index in [2.05, 4.69) is 0 Å². The Kier molecular flexibility index (Phi) is 4.29. The number of carbonyl (C=O) groups is 2. The number of carboxylic acids is 1.